The van der Waals surface area contributed by atoms with Gasteiger partial charge in [0.25, 0.3) is 0 Å². The van der Waals surface area contributed by atoms with E-state index in [1.807, 2.05) is 12.1 Å². The number of nitrogens with one attached hydrogen (secondary N) is 1. The molecule has 0 radical (unpaired) electrons. The normalized spacial score (nSPS) is 9.94. The van der Waals surface area contributed by atoms with Crippen LogP contribution >= 0.6 is 48.2 Å². The summed E-state index contributed by atoms with van der Waals surface area (Å²) in [6, 6.07) is 5.47. The quantitative estimate of drug-likeness (QED) is 0.805. The van der Waals surface area contributed by atoms with E-state index in [-0.39, 0.29) is 12.4 Å². The SMILES string of the molecule is Cl.Sc1ncc(Cc2cc(Cl)cc(Cl)c2)[nH]1. The van der Waals surface area contributed by atoms with Crippen molar-refractivity contribution < 1.29 is 0 Å². The van der Waals surface area contributed by atoms with E-state index in [0.717, 1.165) is 11.3 Å². The molecule has 0 amide bonds. The summed E-state index contributed by atoms with van der Waals surface area (Å²) in [5, 5.41) is 1.89. The zero-order valence-corrected chi connectivity index (χ0v) is 11.3. The number of aromatic nitrogens is 2. The molecule has 0 spiro atoms. The van der Waals surface area contributed by atoms with Crippen LogP contribution in [-0.4, -0.2) is 9.97 Å². The van der Waals surface area contributed by atoms with Gasteiger partial charge in [-0.15, -0.1) is 25.0 Å². The van der Waals surface area contributed by atoms with E-state index in [1.165, 1.54) is 0 Å². The summed E-state index contributed by atoms with van der Waals surface area (Å²) < 4.78 is 0. The van der Waals surface area contributed by atoms with Crippen molar-refractivity contribution in [3.63, 3.8) is 0 Å². The third-order valence-electron chi connectivity index (χ3n) is 1.93. The molecule has 0 unspecified atom stereocenters. The fraction of sp³-hybridized carbons (Fsp3) is 0.100. The first-order valence-electron chi connectivity index (χ1n) is 4.31. The van der Waals surface area contributed by atoms with Gasteiger partial charge in [0, 0.05) is 28.4 Å². The van der Waals surface area contributed by atoms with Gasteiger partial charge in [-0.3, -0.25) is 0 Å². The molecule has 2 aromatic rings. The molecule has 0 saturated heterocycles. The number of imidazole rings is 1. The number of hydrogen-bond acceptors (Lipinski definition) is 2. The Hall–Kier alpha value is -0.350. The lowest BCUT2D eigenvalue weighted by molar-refractivity contribution is 1.02. The predicted molar refractivity (Wildman–Crippen MR) is 72.4 cm³/mol. The zero-order valence-electron chi connectivity index (χ0n) is 8.08. The number of rotatable bonds is 2. The Labute approximate surface area is 115 Å². The predicted octanol–water partition coefficient (Wildman–Crippen LogP) is 4.02. The molecule has 0 aliphatic carbocycles. The molecular weight excluding hydrogens is 287 g/mol. The lowest BCUT2D eigenvalue weighted by Gasteiger charge is -2.01. The summed E-state index contributed by atoms with van der Waals surface area (Å²) in [6.07, 6.45) is 2.46. The largest absolute Gasteiger partial charge is 0.337 e. The van der Waals surface area contributed by atoms with Crippen molar-refractivity contribution >= 4 is 48.2 Å². The zero-order chi connectivity index (χ0) is 10.8. The molecule has 2 nitrogen and oxygen atoms in total. The molecule has 0 atom stereocenters. The Kier molecular flexibility index (Phi) is 4.99. The van der Waals surface area contributed by atoms with Crippen LogP contribution < -0.4 is 0 Å². The summed E-state index contributed by atoms with van der Waals surface area (Å²) in [6.45, 7) is 0. The van der Waals surface area contributed by atoms with E-state index in [9.17, 15) is 0 Å². The lowest BCUT2D eigenvalue weighted by Crippen LogP contribution is -1.88. The standard InChI is InChI=1S/C10H8Cl2N2S.ClH/c11-7-1-6(2-8(12)4-7)3-9-5-13-10(15)14-9;/h1-2,4-5H,3H2,(H2,13,14,15);1H. The van der Waals surface area contributed by atoms with E-state index < -0.39 is 0 Å². The van der Waals surface area contributed by atoms with Crippen molar-refractivity contribution in [3.8, 4) is 0 Å². The average Bonchev–Trinajstić information content (AvgIpc) is 2.49. The number of halogens is 3. The average molecular weight is 296 g/mol. The van der Waals surface area contributed by atoms with Crippen molar-refractivity contribution in [1.82, 2.24) is 9.97 Å². The minimum atomic E-state index is 0. The fourth-order valence-electron chi connectivity index (χ4n) is 1.37. The maximum atomic E-state index is 5.90. The highest BCUT2D eigenvalue weighted by Gasteiger charge is 2.02. The maximum Gasteiger partial charge on any atom is 0.162 e. The molecule has 0 fully saturated rings. The van der Waals surface area contributed by atoms with Gasteiger partial charge in [-0.25, -0.2) is 4.98 Å². The second-order valence-corrected chi connectivity index (χ2v) is 4.48. The summed E-state index contributed by atoms with van der Waals surface area (Å²) in [5.74, 6) is 0. The van der Waals surface area contributed by atoms with Crippen molar-refractivity contribution in [2.75, 3.05) is 0 Å². The van der Waals surface area contributed by atoms with Gasteiger partial charge < -0.3 is 4.98 Å². The Morgan fingerprint density at radius 1 is 1.19 bits per heavy atom. The molecule has 1 heterocycles. The number of thiol groups is 1. The van der Waals surface area contributed by atoms with Gasteiger partial charge in [0.2, 0.25) is 0 Å². The van der Waals surface area contributed by atoms with E-state index in [0.29, 0.717) is 21.6 Å². The van der Waals surface area contributed by atoms with E-state index in [4.69, 9.17) is 23.2 Å². The minimum Gasteiger partial charge on any atom is -0.337 e. The van der Waals surface area contributed by atoms with Crippen LogP contribution in [0.25, 0.3) is 0 Å². The van der Waals surface area contributed by atoms with Crippen molar-refractivity contribution in [1.29, 1.82) is 0 Å². The van der Waals surface area contributed by atoms with Crippen molar-refractivity contribution in [2.24, 2.45) is 0 Å². The van der Waals surface area contributed by atoms with E-state index in [1.54, 1.807) is 12.3 Å². The van der Waals surface area contributed by atoms with Gasteiger partial charge in [-0.1, -0.05) is 23.2 Å². The van der Waals surface area contributed by atoms with Crippen LogP contribution in [-0.2, 0) is 6.42 Å². The summed E-state index contributed by atoms with van der Waals surface area (Å²) in [4.78, 5) is 7.03. The highest BCUT2D eigenvalue weighted by Crippen LogP contribution is 2.20. The third-order valence-corrected chi connectivity index (χ3v) is 2.60. The number of benzene rings is 1. The summed E-state index contributed by atoms with van der Waals surface area (Å²) in [7, 11) is 0. The van der Waals surface area contributed by atoms with Gasteiger partial charge in [0.15, 0.2) is 5.16 Å². The molecule has 0 aliphatic rings. The first-order valence-corrected chi connectivity index (χ1v) is 5.51. The van der Waals surface area contributed by atoms with E-state index in [2.05, 4.69) is 22.6 Å². The van der Waals surface area contributed by atoms with Crippen LogP contribution in [0.4, 0.5) is 0 Å². The molecule has 1 aromatic heterocycles. The molecular formula is C10H9Cl3N2S. The number of nitrogens with zero attached hydrogens (tertiary/aromatic N) is 1. The van der Waals surface area contributed by atoms with Crippen LogP contribution in [0.1, 0.15) is 11.3 Å². The maximum absolute atomic E-state index is 5.90. The van der Waals surface area contributed by atoms with Gasteiger partial charge >= 0.3 is 0 Å². The molecule has 0 aliphatic heterocycles. The van der Waals surface area contributed by atoms with Crippen LogP contribution in [0.2, 0.25) is 10.0 Å². The van der Waals surface area contributed by atoms with Crippen molar-refractivity contribution in [3.05, 3.63) is 45.7 Å². The molecule has 1 N–H and O–H groups in total. The molecule has 2 rings (SSSR count). The summed E-state index contributed by atoms with van der Waals surface area (Å²) in [5.41, 5.74) is 2.03. The smallest absolute Gasteiger partial charge is 0.162 e. The third kappa shape index (κ3) is 3.59. The highest BCUT2D eigenvalue weighted by atomic mass is 35.5. The van der Waals surface area contributed by atoms with Gasteiger partial charge in [0.1, 0.15) is 0 Å². The number of H-pyrrole nitrogens is 1. The van der Waals surface area contributed by atoms with Gasteiger partial charge in [-0.05, 0) is 23.8 Å². The number of hydrogen-bond donors (Lipinski definition) is 2. The van der Waals surface area contributed by atoms with Crippen LogP contribution in [0.3, 0.4) is 0 Å². The second kappa shape index (κ2) is 5.82. The van der Waals surface area contributed by atoms with Crippen LogP contribution in [0.15, 0.2) is 29.6 Å². The van der Waals surface area contributed by atoms with Gasteiger partial charge in [-0.2, -0.15) is 0 Å². The molecule has 1 aromatic carbocycles. The Morgan fingerprint density at radius 2 is 1.81 bits per heavy atom. The Balaban J connectivity index is 0.00000128. The van der Waals surface area contributed by atoms with Gasteiger partial charge in [0.05, 0.1) is 0 Å². The van der Waals surface area contributed by atoms with Crippen LogP contribution in [0, 0.1) is 0 Å². The molecule has 0 saturated carbocycles. The van der Waals surface area contributed by atoms with E-state index >= 15 is 0 Å². The number of aromatic amines is 1. The summed E-state index contributed by atoms with van der Waals surface area (Å²) >= 11 is 15.9. The van der Waals surface area contributed by atoms with Crippen LogP contribution in [0.5, 0.6) is 0 Å². The molecule has 86 valence electrons. The lowest BCUT2D eigenvalue weighted by atomic mass is 10.1. The second-order valence-electron chi connectivity index (χ2n) is 3.19. The Bertz CT molecular complexity index is 464. The minimum absolute atomic E-state index is 0. The fourth-order valence-corrected chi connectivity index (χ4v) is 2.14. The monoisotopic (exact) mass is 294 g/mol. The van der Waals surface area contributed by atoms with Crippen molar-refractivity contribution in [2.45, 2.75) is 11.6 Å². The topological polar surface area (TPSA) is 28.7 Å². The molecule has 16 heavy (non-hydrogen) atoms. The Morgan fingerprint density at radius 3 is 2.31 bits per heavy atom. The molecule has 0 bridgehead atoms. The first-order chi connectivity index (χ1) is 7.13. The first kappa shape index (κ1) is 13.7. The molecule has 6 heteroatoms. The highest BCUT2D eigenvalue weighted by molar-refractivity contribution is 7.80.